The van der Waals surface area contributed by atoms with Crippen LogP contribution in [0.25, 0.3) is 0 Å². The molecule has 1 saturated carbocycles. The second-order valence-electron chi connectivity index (χ2n) is 7.16. The van der Waals surface area contributed by atoms with E-state index in [2.05, 4.69) is 5.32 Å². The van der Waals surface area contributed by atoms with Crippen molar-refractivity contribution < 1.29 is 28.8 Å². The summed E-state index contributed by atoms with van der Waals surface area (Å²) < 4.78 is 4.83. The number of hydrogen-bond acceptors (Lipinski definition) is 7. The fourth-order valence-electron chi connectivity index (χ4n) is 3.89. The van der Waals surface area contributed by atoms with Gasteiger partial charge < -0.3 is 10.1 Å². The molecule has 10 nitrogen and oxygen atoms in total. The van der Waals surface area contributed by atoms with Crippen LogP contribution in [0.2, 0.25) is 0 Å². The highest BCUT2D eigenvalue weighted by Crippen LogP contribution is 2.30. The van der Waals surface area contributed by atoms with Crippen molar-refractivity contribution >= 4 is 29.4 Å². The lowest BCUT2D eigenvalue weighted by Gasteiger charge is -2.29. The van der Waals surface area contributed by atoms with Gasteiger partial charge in [0.15, 0.2) is 0 Å². The van der Waals surface area contributed by atoms with Crippen molar-refractivity contribution in [1.82, 2.24) is 10.2 Å². The first-order valence-corrected chi connectivity index (χ1v) is 9.32. The van der Waals surface area contributed by atoms with E-state index in [9.17, 15) is 29.3 Å². The average molecular weight is 403 g/mol. The SMILES string of the molecule is COC(=O)C1CCCCC1CNC(=O)CN1C(=O)c2ccc([N+](=O)[O-])cc2C1=O. The Morgan fingerprint density at radius 2 is 1.90 bits per heavy atom. The molecule has 0 spiro atoms. The number of benzene rings is 1. The van der Waals surface area contributed by atoms with Crippen LogP contribution in [0.15, 0.2) is 18.2 Å². The molecule has 3 amide bonds. The number of methoxy groups -OCH3 is 1. The molecule has 3 rings (SSSR count). The molecule has 10 heteroatoms. The minimum absolute atomic E-state index is 0.0337. The molecule has 1 N–H and O–H groups in total. The van der Waals surface area contributed by atoms with Gasteiger partial charge in [-0.2, -0.15) is 0 Å². The molecular formula is C19H21N3O7. The van der Waals surface area contributed by atoms with Gasteiger partial charge in [-0.05, 0) is 24.8 Å². The van der Waals surface area contributed by atoms with Gasteiger partial charge >= 0.3 is 5.97 Å². The van der Waals surface area contributed by atoms with E-state index >= 15 is 0 Å². The van der Waals surface area contributed by atoms with Crippen molar-refractivity contribution in [3.8, 4) is 0 Å². The van der Waals surface area contributed by atoms with Gasteiger partial charge in [-0.3, -0.25) is 34.2 Å². The molecule has 1 fully saturated rings. The van der Waals surface area contributed by atoms with Crippen LogP contribution in [0, 0.1) is 22.0 Å². The Kier molecular flexibility index (Phi) is 5.90. The zero-order chi connectivity index (χ0) is 21.1. The van der Waals surface area contributed by atoms with Gasteiger partial charge in [0.2, 0.25) is 5.91 Å². The summed E-state index contributed by atoms with van der Waals surface area (Å²) in [4.78, 5) is 60.1. The Labute approximate surface area is 166 Å². The lowest BCUT2D eigenvalue weighted by molar-refractivity contribution is -0.384. The first-order chi connectivity index (χ1) is 13.8. The number of non-ortho nitro benzene ring substituents is 1. The molecule has 1 aliphatic heterocycles. The summed E-state index contributed by atoms with van der Waals surface area (Å²) in [5.74, 6) is -2.60. The van der Waals surface area contributed by atoms with E-state index in [1.165, 1.54) is 13.2 Å². The number of nitrogens with one attached hydrogen (secondary N) is 1. The van der Waals surface area contributed by atoms with Gasteiger partial charge in [0.05, 0.1) is 29.1 Å². The molecule has 1 aliphatic carbocycles. The number of esters is 1. The van der Waals surface area contributed by atoms with E-state index in [-0.39, 0.29) is 41.2 Å². The molecule has 29 heavy (non-hydrogen) atoms. The first kappa shape index (κ1) is 20.4. The van der Waals surface area contributed by atoms with E-state index in [4.69, 9.17) is 4.74 Å². The summed E-state index contributed by atoms with van der Waals surface area (Å²) in [6.07, 6.45) is 3.34. The first-order valence-electron chi connectivity index (χ1n) is 9.32. The molecular weight excluding hydrogens is 382 g/mol. The summed E-state index contributed by atoms with van der Waals surface area (Å²) in [6, 6.07) is 3.40. The smallest absolute Gasteiger partial charge is 0.309 e. The van der Waals surface area contributed by atoms with Gasteiger partial charge in [0.25, 0.3) is 17.5 Å². The topological polar surface area (TPSA) is 136 Å². The highest BCUT2D eigenvalue weighted by molar-refractivity contribution is 6.22. The number of fused-ring (bicyclic) bond motifs is 1. The normalized spacial score (nSPS) is 20.9. The Bertz CT molecular complexity index is 883. The number of hydrogen-bond donors (Lipinski definition) is 1. The minimum Gasteiger partial charge on any atom is -0.469 e. The van der Waals surface area contributed by atoms with Gasteiger partial charge in [-0.25, -0.2) is 0 Å². The number of carbonyl (C=O) groups is 4. The summed E-state index contributed by atoms with van der Waals surface area (Å²) in [5, 5.41) is 13.6. The van der Waals surface area contributed by atoms with Crippen LogP contribution >= 0.6 is 0 Å². The van der Waals surface area contributed by atoms with E-state index in [0.29, 0.717) is 6.42 Å². The summed E-state index contributed by atoms with van der Waals surface area (Å²) in [6.45, 7) is -0.247. The lowest BCUT2D eigenvalue weighted by atomic mass is 9.79. The van der Waals surface area contributed by atoms with Crippen LogP contribution in [-0.4, -0.2) is 53.7 Å². The van der Waals surface area contributed by atoms with Gasteiger partial charge in [0.1, 0.15) is 6.54 Å². The van der Waals surface area contributed by atoms with Crippen LogP contribution in [0.4, 0.5) is 5.69 Å². The van der Waals surface area contributed by atoms with Gasteiger partial charge in [-0.1, -0.05) is 12.8 Å². The zero-order valence-corrected chi connectivity index (χ0v) is 15.9. The molecule has 2 atom stereocenters. The third-order valence-corrected chi connectivity index (χ3v) is 5.44. The Morgan fingerprint density at radius 3 is 2.59 bits per heavy atom. The van der Waals surface area contributed by atoms with Gasteiger partial charge in [0, 0.05) is 18.7 Å². The summed E-state index contributed by atoms with van der Waals surface area (Å²) >= 11 is 0. The number of imide groups is 1. The van der Waals surface area contributed by atoms with Crippen molar-refractivity contribution in [1.29, 1.82) is 0 Å². The standard InChI is InChI=1S/C19H21N3O7/c1-29-19(26)13-5-3-2-4-11(13)9-20-16(23)10-21-17(24)14-7-6-12(22(27)28)8-15(14)18(21)25/h6-8,11,13H,2-5,9-10H2,1H3,(H,20,23). The predicted molar refractivity (Wildman–Crippen MR) is 98.9 cm³/mol. The van der Waals surface area contributed by atoms with E-state index in [0.717, 1.165) is 36.3 Å². The van der Waals surface area contributed by atoms with E-state index < -0.39 is 29.2 Å². The number of amides is 3. The maximum absolute atomic E-state index is 12.4. The van der Waals surface area contributed by atoms with Crippen LogP contribution in [0.5, 0.6) is 0 Å². The maximum atomic E-state index is 12.4. The Morgan fingerprint density at radius 1 is 1.21 bits per heavy atom. The lowest BCUT2D eigenvalue weighted by Crippen LogP contribution is -2.43. The second-order valence-corrected chi connectivity index (χ2v) is 7.16. The molecule has 0 radical (unpaired) electrons. The molecule has 0 bridgehead atoms. The molecule has 0 aromatic heterocycles. The number of carbonyl (C=O) groups excluding carboxylic acids is 4. The van der Waals surface area contributed by atoms with Crippen molar-refractivity contribution in [3.63, 3.8) is 0 Å². The predicted octanol–water partition coefficient (Wildman–Crippen LogP) is 1.29. The molecule has 2 unspecified atom stereocenters. The number of nitrogens with zero attached hydrogens (tertiary/aromatic N) is 2. The average Bonchev–Trinajstić information content (AvgIpc) is 2.96. The maximum Gasteiger partial charge on any atom is 0.309 e. The molecule has 1 aromatic carbocycles. The molecule has 0 saturated heterocycles. The van der Waals surface area contributed by atoms with E-state index in [1.807, 2.05) is 0 Å². The Balaban J connectivity index is 1.62. The molecule has 1 heterocycles. The third-order valence-electron chi connectivity index (χ3n) is 5.44. The molecule has 1 aromatic rings. The fourth-order valence-corrected chi connectivity index (χ4v) is 3.89. The van der Waals surface area contributed by atoms with Gasteiger partial charge in [-0.15, -0.1) is 0 Å². The summed E-state index contributed by atoms with van der Waals surface area (Å²) in [7, 11) is 1.33. The highest BCUT2D eigenvalue weighted by atomic mass is 16.6. The van der Waals surface area contributed by atoms with Crippen molar-refractivity contribution in [3.05, 3.63) is 39.4 Å². The van der Waals surface area contributed by atoms with Crippen molar-refractivity contribution in [2.24, 2.45) is 11.8 Å². The van der Waals surface area contributed by atoms with Crippen LogP contribution in [-0.2, 0) is 14.3 Å². The monoisotopic (exact) mass is 403 g/mol. The molecule has 154 valence electrons. The quantitative estimate of drug-likeness (QED) is 0.327. The number of nitro groups is 1. The summed E-state index contributed by atoms with van der Waals surface area (Å²) in [5.41, 5.74) is -0.358. The molecule has 2 aliphatic rings. The van der Waals surface area contributed by atoms with E-state index in [1.54, 1.807) is 0 Å². The highest BCUT2D eigenvalue weighted by Gasteiger charge is 2.38. The Hall–Kier alpha value is -3.30. The van der Waals surface area contributed by atoms with Crippen LogP contribution in [0.3, 0.4) is 0 Å². The minimum atomic E-state index is -0.742. The van der Waals surface area contributed by atoms with Crippen LogP contribution < -0.4 is 5.32 Å². The van der Waals surface area contributed by atoms with Crippen molar-refractivity contribution in [2.45, 2.75) is 25.7 Å². The number of nitro benzene ring substituents is 1. The van der Waals surface area contributed by atoms with Crippen LogP contribution in [0.1, 0.15) is 46.4 Å². The zero-order valence-electron chi connectivity index (χ0n) is 15.9. The largest absolute Gasteiger partial charge is 0.469 e. The number of ether oxygens (including phenoxy) is 1. The third kappa shape index (κ3) is 4.10. The van der Waals surface area contributed by atoms with Crippen molar-refractivity contribution in [2.75, 3.05) is 20.2 Å². The second kappa shape index (κ2) is 8.38. The fraction of sp³-hybridized carbons (Fsp3) is 0.474. The number of rotatable bonds is 6.